The van der Waals surface area contributed by atoms with Crippen LogP contribution in [-0.2, 0) is 0 Å². The van der Waals surface area contributed by atoms with Gasteiger partial charge in [-0.2, -0.15) is 0 Å². The van der Waals surface area contributed by atoms with Crippen molar-refractivity contribution in [3.63, 3.8) is 0 Å². The summed E-state index contributed by atoms with van der Waals surface area (Å²) < 4.78 is 0. The van der Waals surface area contributed by atoms with Crippen LogP contribution in [0, 0.1) is 0 Å². The molecule has 0 N–H and O–H groups in total. The van der Waals surface area contributed by atoms with Gasteiger partial charge in [0.15, 0.2) is 0 Å². The molecule has 1 fully saturated rings. The summed E-state index contributed by atoms with van der Waals surface area (Å²) in [6.45, 7) is 6.52. The first-order chi connectivity index (χ1) is 6.75. The van der Waals surface area contributed by atoms with Gasteiger partial charge in [0.25, 0.3) is 0 Å². The fraction of sp³-hybridized carbons (Fsp3) is 0.286. The maximum absolute atomic E-state index is 2.24. The molecule has 0 heterocycles. The third-order valence-corrected chi connectivity index (χ3v) is 2.81. The predicted octanol–water partition coefficient (Wildman–Crippen LogP) is 4.07. The average molecular weight is 184 g/mol. The Labute approximate surface area is 86.0 Å². The van der Waals surface area contributed by atoms with E-state index in [-0.39, 0.29) is 0 Å². The highest BCUT2D eigenvalue weighted by atomic mass is 14.4. The highest BCUT2D eigenvalue weighted by Crippen LogP contribution is 2.54. The Morgan fingerprint density at radius 1 is 1.14 bits per heavy atom. The van der Waals surface area contributed by atoms with E-state index in [0.29, 0.717) is 5.92 Å². The van der Waals surface area contributed by atoms with Crippen molar-refractivity contribution in [3.8, 4) is 0 Å². The Hall–Kier alpha value is -1.30. The van der Waals surface area contributed by atoms with Crippen LogP contribution in [0.25, 0.3) is 0 Å². The molecule has 0 radical (unpaired) electrons. The minimum absolute atomic E-state index is 0.589. The Balaban J connectivity index is 2.37. The minimum atomic E-state index is 0.589. The van der Waals surface area contributed by atoms with E-state index < -0.39 is 0 Å². The Morgan fingerprint density at radius 2 is 1.79 bits per heavy atom. The van der Waals surface area contributed by atoms with Crippen LogP contribution in [-0.4, -0.2) is 0 Å². The molecule has 1 aliphatic carbocycles. The summed E-state index contributed by atoms with van der Waals surface area (Å²) in [5.74, 6) is 0.589. The normalized spacial score (nSPS) is 22.6. The quantitative estimate of drug-likeness (QED) is 0.617. The molecule has 0 aromatic heterocycles. The molecule has 0 heteroatoms. The molecule has 0 amide bonds. The summed E-state index contributed by atoms with van der Waals surface area (Å²) in [5.41, 5.74) is 5.93. The van der Waals surface area contributed by atoms with Gasteiger partial charge in [0.1, 0.15) is 0 Å². The second-order valence-electron chi connectivity index (χ2n) is 4.00. The topological polar surface area (TPSA) is 0 Å². The van der Waals surface area contributed by atoms with Gasteiger partial charge in [0, 0.05) is 5.92 Å². The van der Waals surface area contributed by atoms with Crippen LogP contribution in [0.3, 0.4) is 0 Å². The molecule has 1 saturated carbocycles. The first kappa shape index (κ1) is 9.26. The summed E-state index contributed by atoms with van der Waals surface area (Å²) in [6.07, 6.45) is 2.24. The van der Waals surface area contributed by atoms with E-state index in [2.05, 4.69) is 57.2 Å². The molecule has 0 aliphatic heterocycles. The third kappa shape index (κ3) is 1.41. The van der Waals surface area contributed by atoms with Gasteiger partial charge >= 0.3 is 0 Å². The van der Waals surface area contributed by atoms with Crippen molar-refractivity contribution in [2.45, 2.75) is 26.7 Å². The zero-order valence-electron chi connectivity index (χ0n) is 9.04. The number of benzene rings is 1. The zero-order chi connectivity index (χ0) is 10.1. The molecule has 2 rings (SSSR count). The van der Waals surface area contributed by atoms with Crippen LogP contribution in [0.15, 0.2) is 53.1 Å². The maximum Gasteiger partial charge on any atom is 0.0342 e. The lowest BCUT2D eigenvalue weighted by Crippen LogP contribution is -1.77. The Bertz CT molecular complexity index is 389. The van der Waals surface area contributed by atoms with Crippen molar-refractivity contribution in [1.29, 1.82) is 0 Å². The molecule has 14 heavy (non-hydrogen) atoms. The molecule has 0 spiro atoms. The second kappa shape index (κ2) is 3.45. The van der Waals surface area contributed by atoms with E-state index in [1.165, 1.54) is 16.7 Å². The van der Waals surface area contributed by atoms with Crippen LogP contribution in [0.2, 0.25) is 0 Å². The number of hydrogen-bond donors (Lipinski definition) is 0. The van der Waals surface area contributed by atoms with Gasteiger partial charge in [-0.25, -0.2) is 0 Å². The molecule has 72 valence electrons. The average Bonchev–Trinajstić information content (AvgIpc) is 2.93. The number of hydrogen-bond acceptors (Lipinski definition) is 0. The van der Waals surface area contributed by atoms with Gasteiger partial charge in [-0.1, -0.05) is 42.0 Å². The minimum Gasteiger partial charge on any atom is -0.0832 e. The van der Waals surface area contributed by atoms with Crippen LogP contribution >= 0.6 is 0 Å². The fourth-order valence-electron chi connectivity index (χ4n) is 2.13. The van der Waals surface area contributed by atoms with Crippen molar-refractivity contribution in [2.75, 3.05) is 0 Å². The molecule has 1 aromatic carbocycles. The highest BCUT2D eigenvalue weighted by Gasteiger charge is 2.38. The molecule has 0 nitrogen and oxygen atoms in total. The number of allylic oxidation sites excluding steroid dienone is 4. The molecule has 0 saturated heterocycles. The van der Waals surface area contributed by atoms with Gasteiger partial charge in [0.2, 0.25) is 0 Å². The summed E-state index contributed by atoms with van der Waals surface area (Å²) in [7, 11) is 0. The van der Waals surface area contributed by atoms with E-state index >= 15 is 0 Å². The van der Waals surface area contributed by atoms with Crippen molar-refractivity contribution in [3.05, 3.63) is 58.7 Å². The van der Waals surface area contributed by atoms with Crippen LogP contribution in [0.4, 0.5) is 0 Å². The van der Waals surface area contributed by atoms with Gasteiger partial charge in [-0.15, -0.1) is 0 Å². The van der Waals surface area contributed by atoms with Gasteiger partial charge in [-0.3, -0.25) is 0 Å². The summed E-state index contributed by atoms with van der Waals surface area (Å²) >= 11 is 0. The summed E-state index contributed by atoms with van der Waals surface area (Å²) in [6, 6.07) is 10.7. The molecule has 1 atom stereocenters. The van der Waals surface area contributed by atoms with E-state index in [1.54, 1.807) is 5.57 Å². The molecule has 1 aromatic rings. The van der Waals surface area contributed by atoms with Crippen molar-refractivity contribution >= 4 is 0 Å². The Morgan fingerprint density at radius 3 is 2.21 bits per heavy atom. The SMILES string of the molecule is C/C=C1\C(=C(C)C)C1c1ccccc1. The lowest BCUT2D eigenvalue weighted by molar-refractivity contribution is 1.21. The smallest absolute Gasteiger partial charge is 0.0342 e. The molecular weight excluding hydrogens is 168 g/mol. The largest absolute Gasteiger partial charge is 0.0832 e. The molecule has 0 bridgehead atoms. The second-order valence-corrected chi connectivity index (χ2v) is 4.00. The van der Waals surface area contributed by atoms with E-state index in [1.807, 2.05) is 0 Å². The molecule has 1 unspecified atom stereocenters. The van der Waals surface area contributed by atoms with Crippen molar-refractivity contribution < 1.29 is 0 Å². The standard InChI is InChI=1S/C14H16/c1-4-12-13(10(2)3)14(12)11-8-6-5-7-9-11/h4-9,14H,1-3H3/b12-4+. The molecular formula is C14H16. The zero-order valence-corrected chi connectivity index (χ0v) is 9.04. The van der Waals surface area contributed by atoms with Gasteiger partial charge in [0.05, 0.1) is 0 Å². The van der Waals surface area contributed by atoms with Gasteiger partial charge in [-0.05, 0) is 37.5 Å². The van der Waals surface area contributed by atoms with E-state index in [9.17, 15) is 0 Å². The van der Waals surface area contributed by atoms with Crippen LogP contribution < -0.4 is 0 Å². The lowest BCUT2D eigenvalue weighted by Gasteiger charge is -1.94. The van der Waals surface area contributed by atoms with Crippen molar-refractivity contribution in [1.82, 2.24) is 0 Å². The maximum atomic E-state index is 2.24. The highest BCUT2D eigenvalue weighted by molar-refractivity contribution is 5.66. The predicted molar refractivity (Wildman–Crippen MR) is 61.3 cm³/mol. The van der Waals surface area contributed by atoms with Crippen LogP contribution in [0.1, 0.15) is 32.3 Å². The number of rotatable bonds is 1. The van der Waals surface area contributed by atoms with Crippen molar-refractivity contribution in [2.24, 2.45) is 0 Å². The van der Waals surface area contributed by atoms with E-state index in [0.717, 1.165) is 0 Å². The lowest BCUT2D eigenvalue weighted by atomic mass is 10.1. The Kier molecular flexibility index (Phi) is 2.28. The monoisotopic (exact) mass is 184 g/mol. The summed E-state index contributed by atoms with van der Waals surface area (Å²) in [4.78, 5) is 0. The third-order valence-electron chi connectivity index (χ3n) is 2.81. The molecule has 1 aliphatic rings. The van der Waals surface area contributed by atoms with E-state index in [4.69, 9.17) is 0 Å². The van der Waals surface area contributed by atoms with Gasteiger partial charge < -0.3 is 0 Å². The first-order valence-corrected chi connectivity index (χ1v) is 5.14. The fourth-order valence-corrected chi connectivity index (χ4v) is 2.13. The summed E-state index contributed by atoms with van der Waals surface area (Å²) in [5, 5.41) is 0. The van der Waals surface area contributed by atoms with Crippen LogP contribution in [0.5, 0.6) is 0 Å². The first-order valence-electron chi connectivity index (χ1n) is 5.14.